The standard InChI is InChI=1S/C22H19N3O6S/c1-14-4-6-15(7-5-14)21-23-16(13-32-21)12-30-20(26)3-2-10-24-18-9-8-17(25(28)29)11-19(18)31-22(24)27/h4-9,11,13H,2-3,10,12H2,1H3. The second-order valence-corrected chi connectivity index (χ2v) is 8.06. The molecule has 0 aliphatic rings. The smallest absolute Gasteiger partial charge is 0.419 e. The van der Waals surface area contributed by atoms with Crippen molar-refractivity contribution in [1.82, 2.24) is 9.55 Å². The number of non-ortho nitro benzene ring substituents is 1. The van der Waals surface area contributed by atoms with Gasteiger partial charge in [0, 0.05) is 30.0 Å². The molecule has 0 unspecified atom stereocenters. The van der Waals surface area contributed by atoms with Crippen LogP contribution in [-0.2, 0) is 22.7 Å². The van der Waals surface area contributed by atoms with E-state index in [1.807, 2.05) is 36.6 Å². The zero-order valence-corrected chi connectivity index (χ0v) is 18.0. The van der Waals surface area contributed by atoms with Crippen molar-refractivity contribution < 1.29 is 18.9 Å². The van der Waals surface area contributed by atoms with Gasteiger partial charge in [-0.1, -0.05) is 29.8 Å². The average molecular weight is 453 g/mol. The van der Waals surface area contributed by atoms with E-state index in [9.17, 15) is 19.7 Å². The van der Waals surface area contributed by atoms with Gasteiger partial charge < -0.3 is 9.15 Å². The van der Waals surface area contributed by atoms with Crippen LogP contribution in [0.2, 0.25) is 0 Å². The lowest BCUT2D eigenvalue weighted by Gasteiger charge is -2.04. The van der Waals surface area contributed by atoms with E-state index in [0.29, 0.717) is 17.6 Å². The van der Waals surface area contributed by atoms with Gasteiger partial charge in [-0.3, -0.25) is 19.5 Å². The SMILES string of the molecule is Cc1ccc(-c2nc(COC(=O)CCCn3c(=O)oc4cc([N+](=O)[O-])ccc43)cs2)cc1. The molecule has 0 radical (unpaired) electrons. The first-order valence-electron chi connectivity index (χ1n) is 9.85. The normalized spacial score (nSPS) is 11.0. The van der Waals surface area contributed by atoms with E-state index in [1.165, 1.54) is 39.7 Å². The van der Waals surface area contributed by atoms with Crippen molar-refractivity contribution in [3.63, 3.8) is 0 Å². The van der Waals surface area contributed by atoms with Crippen LogP contribution in [0.15, 0.2) is 57.1 Å². The predicted octanol–water partition coefficient (Wildman–Crippen LogP) is 4.46. The number of fused-ring (bicyclic) bond motifs is 1. The van der Waals surface area contributed by atoms with Crippen molar-refractivity contribution in [3.05, 3.63) is 79.8 Å². The average Bonchev–Trinajstić information content (AvgIpc) is 3.36. The summed E-state index contributed by atoms with van der Waals surface area (Å²) in [4.78, 5) is 38.9. The summed E-state index contributed by atoms with van der Waals surface area (Å²) in [5, 5.41) is 13.6. The number of nitro benzene ring substituents is 1. The Balaban J connectivity index is 1.30. The number of nitro groups is 1. The van der Waals surface area contributed by atoms with Crippen molar-refractivity contribution >= 4 is 34.1 Å². The number of esters is 1. The number of carbonyl (C=O) groups excluding carboxylic acids is 1. The van der Waals surface area contributed by atoms with Crippen LogP contribution >= 0.6 is 11.3 Å². The van der Waals surface area contributed by atoms with Gasteiger partial charge in [-0.2, -0.15) is 0 Å². The Hall–Kier alpha value is -3.79. The first-order valence-corrected chi connectivity index (χ1v) is 10.7. The molecule has 10 heteroatoms. The lowest BCUT2D eigenvalue weighted by Crippen LogP contribution is -2.15. The van der Waals surface area contributed by atoms with E-state index in [0.717, 1.165) is 10.6 Å². The lowest BCUT2D eigenvalue weighted by molar-refractivity contribution is -0.384. The third kappa shape index (κ3) is 4.75. The zero-order valence-electron chi connectivity index (χ0n) is 17.1. The van der Waals surface area contributed by atoms with Crippen molar-refractivity contribution in [3.8, 4) is 10.6 Å². The Kier molecular flexibility index (Phi) is 6.13. The molecular weight excluding hydrogens is 434 g/mol. The second kappa shape index (κ2) is 9.15. The number of oxazole rings is 1. The minimum Gasteiger partial charge on any atom is -0.459 e. The number of aryl methyl sites for hydroxylation is 2. The van der Waals surface area contributed by atoms with Crippen molar-refractivity contribution in [2.75, 3.05) is 0 Å². The first kappa shape index (κ1) is 21.4. The zero-order chi connectivity index (χ0) is 22.7. The highest BCUT2D eigenvalue weighted by Crippen LogP contribution is 2.24. The van der Waals surface area contributed by atoms with E-state index in [4.69, 9.17) is 9.15 Å². The van der Waals surface area contributed by atoms with Crippen molar-refractivity contribution in [2.45, 2.75) is 32.9 Å². The third-order valence-corrected chi connectivity index (χ3v) is 5.80. The maximum absolute atomic E-state index is 12.1. The number of nitrogens with zero attached hydrogens (tertiary/aromatic N) is 3. The molecule has 4 rings (SSSR count). The second-order valence-electron chi connectivity index (χ2n) is 7.20. The molecule has 2 aromatic heterocycles. The molecule has 2 heterocycles. The summed E-state index contributed by atoms with van der Waals surface area (Å²) >= 11 is 1.49. The maximum atomic E-state index is 12.1. The molecule has 0 fully saturated rings. The van der Waals surface area contributed by atoms with Crippen molar-refractivity contribution in [1.29, 1.82) is 0 Å². The number of rotatable bonds is 8. The minimum atomic E-state index is -0.625. The van der Waals surface area contributed by atoms with E-state index >= 15 is 0 Å². The first-order chi connectivity index (χ1) is 15.4. The molecular formula is C22H19N3O6S. The highest BCUT2D eigenvalue weighted by atomic mass is 32.1. The molecule has 9 nitrogen and oxygen atoms in total. The van der Waals surface area contributed by atoms with E-state index in [2.05, 4.69) is 4.98 Å². The van der Waals surface area contributed by atoms with Gasteiger partial charge in [0.05, 0.1) is 22.2 Å². The molecule has 0 saturated carbocycles. The Bertz CT molecular complexity index is 1340. The van der Waals surface area contributed by atoms with Crippen LogP contribution < -0.4 is 5.76 Å². The highest BCUT2D eigenvalue weighted by molar-refractivity contribution is 7.13. The van der Waals surface area contributed by atoms with Crippen LogP contribution in [0, 0.1) is 17.0 Å². The molecule has 0 bridgehead atoms. The Morgan fingerprint density at radius 1 is 1.25 bits per heavy atom. The fourth-order valence-corrected chi connectivity index (χ4v) is 4.00. The van der Waals surface area contributed by atoms with E-state index < -0.39 is 16.6 Å². The Labute approximate surface area is 186 Å². The number of hydrogen-bond acceptors (Lipinski definition) is 8. The molecule has 0 atom stereocenters. The number of carbonyl (C=O) groups is 1. The van der Waals surface area contributed by atoms with Gasteiger partial charge in [-0.15, -0.1) is 11.3 Å². The predicted molar refractivity (Wildman–Crippen MR) is 118 cm³/mol. The van der Waals surface area contributed by atoms with E-state index in [-0.39, 0.29) is 30.8 Å². The summed E-state index contributed by atoms with van der Waals surface area (Å²) in [5.74, 6) is -1.02. The molecule has 2 aromatic carbocycles. The topological polar surface area (TPSA) is 117 Å². The number of thiazole rings is 1. The van der Waals surface area contributed by atoms with Gasteiger partial charge in [0.15, 0.2) is 5.58 Å². The van der Waals surface area contributed by atoms with Crippen LogP contribution in [0.1, 0.15) is 24.1 Å². The summed E-state index contributed by atoms with van der Waals surface area (Å²) < 4.78 is 11.7. The molecule has 0 N–H and O–H groups in total. The quantitative estimate of drug-likeness (QED) is 0.220. The summed E-state index contributed by atoms with van der Waals surface area (Å²) in [6.07, 6.45) is 0.469. The fourth-order valence-electron chi connectivity index (χ4n) is 3.19. The molecule has 0 saturated heterocycles. The van der Waals surface area contributed by atoms with Crippen LogP contribution in [0.5, 0.6) is 0 Å². The summed E-state index contributed by atoms with van der Waals surface area (Å²) in [6, 6.07) is 12.0. The molecule has 0 aliphatic carbocycles. The number of hydrogen-bond donors (Lipinski definition) is 0. The number of aromatic nitrogens is 2. The number of benzene rings is 2. The van der Waals surface area contributed by atoms with Crippen LogP contribution in [0.3, 0.4) is 0 Å². The highest BCUT2D eigenvalue weighted by Gasteiger charge is 2.15. The summed E-state index contributed by atoms with van der Waals surface area (Å²) in [5.41, 5.74) is 3.29. The largest absolute Gasteiger partial charge is 0.459 e. The monoisotopic (exact) mass is 453 g/mol. The van der Waals surface area contributed by atoms with Gasteiger partial charge in [0.1, 0.15) is 11.6 Å². The molecule has 0 spiro atoms. The Morgan fingerprint density at radius 2 is 2.03 bits per heavy atom. The van der Waals surface area contributed by atoms with Crippen LogP contribution in [0.4, 0.5) is 5.69 Å². The van der Waals surface area contributed by atoms with Gasteiger partial charge in [-0.05, 0) is 19.4 Å². The fraction of sp³-hybridized carbons (Fsp3) is 0.227. The van der Waals surface area contributed by atoms with Gasteiger partial charge in [-0.25, -0.2) is 9.78 Å². The van der Waals surface area contributed by atoms with Crippen molar-refractivity contribution in [2.24, 2.45) is 0 Å². The van der Waals surface area contributed by atoms with Crippen LogP contribution in [-0.4, -0.2) is 20.4 Å². The lowest BCUT2D eigenvalue weighted by atomic mass is 10.2. The minimum absolute atomic E-state index is 0.0828. The molecule has 164 valence electrons. The van der Waals surface area contributed by atoms with Gasteiger partial charge >= 0.3 is 11.7 Å². The van der Waals surface area contributed by atoms with Crippen LogP contribution in [0.25, 0.3) is 21.7 Å². The third-order valence-electron chi connectivity index (χ3n) is 4.86. The molecule has 0 aliphatic heterocycles. The van der Waals surface area contributed by atoms with E-state index in [1.54, 1.807) is 0 Å². The molecule has 0 amide bonds. The van der Waals surface area contributed by atoms with Gasteiger partial charge in [0.25, 0.3) is 5.69 Å². The summed E-state index contributed by atoms with van der Waals surface area (Å²) in [7, 11) is 0. The maximum Gasteiger partial charge on any atom is 0.419 e. The Morgan fingerprint density at radius 3 is 2.78 bits per heavy atom. The molecule has 4 aromatic rings. The molecule has 32 heavy (non-hydrogen) atoms. The van der Waals surface area contributed by atoms with Gasteiger partial charge in [0.2, 0.25) is 0 Å². The number of ether oxygens (including phenoxy) is 1. The summed E-state index contributed by atoms with van der Waals surface area (Å²) in [6.45, 7) is 2.33.